The summed E-state index contributed by atoms with van der Waals surface area (Å²) in [5.41, 5.74) is -2.39. The molecule has 5 nitrogen and oxygen atoms in total. The third-order valence-electron chi connectivity index (χ3n) is 8.06. The summed E-state index contributed by atoms with van der Waals surface area (Å²) in [5, 5.41) is 30.8. The van der Waals surface area contributed by atoms with Gasteiger partial charge in [-0.1, -0.05) is 147 Å². The number of allylic oxidation sites excluding steroid dienone is 6. The van der Waals surface area contributed by atoms with Gasteiger partial charge in [0.1, 0.15) is 0 Å². The standard InChI is InChI=1S/C37H66O5/c1-3-5-7-9-11-13-15-17-18-20-21-23-25-27-29-31-34(39)36(41)37(42,33-38)35(40)32-30-28-26-24-22-19-16-14-12-10-8-6-4-2/h5,7,11,13,17-18,36,38,41-42H,3-4,6,8-10,12,14-16,19-33H2,1-2H3/b7-5-,13-11-,18-17-. The minimum atomic E-state index is -2.39. The van der Waals surface area contributed by atoms with Crippen molar-refractivity contribution in [1.29, 1.82) is 0 Å². The van der Waals surface area contributed by atoms with Crippen LogP contribution >= 0.6 is 0 Å². The lowest BCUT2D eigenvalue weighted by Gasteiger charge is -2.29. The van der Waals surface area contributed by atoms with Gasteiger partial charge in [-0.25, -0.2) is 0 Å². The third-order valence-corrected chi connectivity index (χ3v) is 8.06. The molecular formula is C37H66O5. The quantitative estimate of drug-likeness (QED) is 0.0552. The van der Waals surface area contributed by atoms with E-state index in [1.54, 1.807) is 0 Å². The van der Waals surface area contributed by atoms with Crippen molar-refractivity contribution in [1.82, 2.24) is 0 Å². The number of aliphatic hydroxyl groups excluding tert-OH is 2. The van der Waals surface area contributed by atoms with Crippen molar-refractivity contribution in [3.63, 3.8) is 0 Å². The first-order valence-corrected chi connectivity index (χ1v) is 17.5. The summed E-state index contributed by atoms with van der Waals surface area (Å²) in [6.45, 7) is 3.44. The Morgan fingerprint density at radius 3 is 1.52 bits per heavy atom. The average Bonchev–Trinajstić information content (AvgIpc) is 3.00. The van der Waals surface area contributed by atoms with Gasteiger partial charge in [0, 0.05) is 12.8 Å². The van der Waals surface area contributed by atoms with Crippen LogP contribution in [0.25, 0.3) is 0 Å². The Morgan fingerprint density at radius 2 is 1.02 bits per heavy atom. The molecular weight excluding hydrogens is 524 g/mol. The first-order valence-electron chi connectivity index (χ1n) is 17.5. The first kappa shape index (κ1) is 40.4. The molecule has 244 valence electrons. The van der Waals surface area contributed by atoms with Crippen molar-refractivity contribution in [2.45, 2.75) is 180 Å². The first-order chi connectivity index (χ1) is 20.4. The van der Waals surface area contributed by atoms with Crippen LogP contribution in [0, 0.1) is 0 Å². The van der Waals surface area contributed by atoms with E-state index >= 15 is 0 Å². The summed E-state index contributed by atoms with van der Waals surface area (Å²) >= 11 is 0. The molecule has 0 rings (SSSR count). The van der Waals surface area contributed by atoms with E-state index in [1.807, 2.05) is 0 Å². The lowest BCUT2D eigenvalue weighted by molar-refractivity contribution is -0.165. The number of rotatable bonds is 31. The highest BCUT2D eigenvalue weighted by Gasteiger charge is 2.45. The maximum atomic E-state index is 12.6. The number of ketones is 2. The number of hydrogen-bond donors (Lipinski definition) is 3. The van der Waals surface area contributed by atoms with Crippen molar-refractivity contribution in [3.8, 4) is 0 Å². The molecule has 0 saturated carbocycles. The summed E-state index contributed by atoms with van der Waals surface area (Å²) in [4.78, 5) is 25.1. The molecule has 0 aromatic carbocycles. The topological polar surface area (TPSA) is 94.8 Å². The molecule has 0 amide bonds. The smallest absolute Gasteiger partial charge is 0.178 e. The van der Waals surface area contributed by atoms with Crippen LogP contribution in [-0.4, -0.2) is 45.2 Å². The normalized spacial score (nSPS) is 14.3. The maximum Gasteiger partial charge on any atom is 0.178 e. The molecule has 0 saturated heterocycles. The SMILES string of the molecule is CC/C=C\C/C=C\C/C=C\CCCCCCCC(=O)C(O)C(O)(CO)C(=O)CCCCCCCCCCCCCCC. The highest BCUT2D eigenvalue weighted by atomic mass is 16.4. The Kier molecular flexibility index (Phi) is 28.4. The zero-order valence-electron chi connectivity index (χ0n) is 27.4. The van der Waals surface area contributed by atoms with Gasteiger partial charge in [-0.3, -0.25) is 9.59 Å². The van der Waals surface area contributed by atoms with Crippen LogP contribution in [0.2, 0.25) is 0 Å². The predicted octanol–water partition coefficient (Wildman–Crippen LogP) is 9.28. The van der Waals surface area contributed by atoms with Gasteiger partial charge in [-0.05, 0) is 44.9 Å². The molecule has 0 radical (unpaired) electrons. The molecule has 0 spiro atoms. The molecule has 5 heteroatoms. The van der Waals surface area contributed by atoms with E-state index in [1.165, 1.54) is 57.8 Å². The van der Waals surface area contributed by atoms with Gasteiger partial charge in [0.15, 0.2) is 23.3 Å². The molecule has 2 atom stereocenters. The van der Waals surface area contributed by atoms with Crippen molar-refractivity contribution in [3.05, 3.63) is 36.5 Å². The van der Waals surface area contributed by atoms with Crippen molar-refractivity contribution in [2.75, 3.05) is 6.61 Å². The minimum absolute atomic E-state index is 0.0696. The molecule has 0 aliphatic carbocycles. The monoisotopic (exact) mass is 590 g/mol. The van der Waals surface area contributed by atoms with E-state index < -0.39 is 29.9 Å². The Balaban J connectivity index is 3.93. The van der Waals surface area contributed by atoms with E-state index in [0.717, 1.165) is 70.6 Å². The molecule has 0 aromatic rings. The fourth-order valence-electron chi connectivity index (χ4n) is 5.17. The number of hydrogen-bond acceptors (Lipinski definition) is 5. The van der Waals surface area contributed by atoms with Crippen molar-refractivity contribution in [2.24, 2.45) is 0 Å². The maximum absolute atomic E-state index is 12.6. The summed E-state index contributed by atoms with van der Waals surface area (Å²) in [6.07, 6.45) is 35.7. The summed E-state index contributed by atoms with van der Waals surface area (Å²) in [5.74, 6) is -1.20. The Hall–Kier alpha value is -1.56. The van der Waals surface area contributed by atoms with Crippen LogP contribution < -0.4 is 0 Å². The Morgan fingerprint density at radius 1 is 0.595 bits per heavy atom. The van der Waals surface area contributed by atoms with Crippen LogP contribution in [-0.2, 0) is 9.59 Å². The van der Waals surface area contributed by atoms with E-state index in [-0.39, 0.29) is 12.8 Å². The number of carbonyl (C=O) groups excluding carboxylic acids is 2. The third kappa shape index (κ3) is 22.0. The van der Waals surface area contributed by atoms with E-state index in [2.05, 4.69) is 50.3 Å². The van der Waals surface area contributed by atoms with Crippen molar-refractivity contribution < 1.29 is 24.9 Å². The van der Waals surface area contributed by atoms with Gasteiger partial charge in [-0.15, -0.1) is 0 Å². The second-order valence-electron chi connectivity index (χ2n) is 12.0. The van der Waals surface area contributed by atoms with E-state index in [0.29, 0.717) is 12.8 Å². The summed E-state index contributed by atoms with van der Waals surface area (Å²) in [6, 6.07) is 0. The largest absolute Gasteiger partial charge is 0.393 e. The fourth-order valence-corrected chi connectivity index (χ4v) is 5.17. The van der Waals surface area contributed by atoms with Gasteiger partial charge in [0.05, 0.1) is 6.61 Å². The van der Waals surface area contributed by atoms with E-state index in [4.69, 9.17) is 0 Å². The number of Topliss-reactive ketones (excluding diaryl/α,β-unsaturated/α-hetero) is 2. The van der Waals surface area contributed by atoms with Gasteiger partial charge in [0.25, 0.3) is 0 Å². The zero-order valence-corrected chi connectivity index (χ0v) is 27.4. The van der Waals surface area contributed by atoms with Gasteiger partial charge < -0.3 is 15.3 Å². The minimum Gasteiger partial charge on any atom is -0.393 e. The molecule has 0 aliphatic rings. The molecule has 0 aliphatic heterocycles. The van der Waals surface area contributed by atoms with E-state index in [9.17, 15) is 24.9 Å². The van der Waals surface area contributed by atoms with Crippen LogP contribution in [0.15, 0.2) is 36.5 Å². The lowest BCUT2D eigenvalue weighted by Crippen LogP contribution is -2.55. The molecule has 0 heterocycles. The molecule has 0 aromatic heterocycles. The van der Waals surface area contributed by atoms with Crippen LogP contribution in [0.1, 0.15) is 168 Å². The molecule has 2 unspecified atom stereocenters. The molecule has 0 bridgehead atoms. The summed E-state index contributed by atoms with van der Waals surface area (Å²) in [7, 11) is 0. The Bertz CT molecular complexity index is 726. The second kappa shape index (κ2) is 29.5. The van der Waals surface area contributed by atoms with Gasteiger partial charge in [0.2, 0.25) is 0 Å². The second-order valence-corrected chi connectivity index (χ2v) is 12.0. The fraction of sp³-hybridized carbons (Fsp3) is 0.784. The average molecular weight is 591 g/mol. The van der Waals surface area contributed by atoms with Crippen LogP contribution in [0.4, 0.5) is 0 Å². The number of unbranched alkanes of at least 4 members (excludes halogenated alkanes) is 17. The number of carbonyl (C=O) groups is 2. The van der Waals surface area contributed by atoms with Crippen LogP contribution in [0.3, 0.4) is 0 Å². The highest BCUT2D eigenvalue weighted by Crippen LogP contribution is 2.20. The zero-order chi connectivity index (χ0) is 31.2. The molecule has 3 N–H and O–H groups in total. The van der Waals surface area contributed by atoms with Crippen LogP contribution in [0.5, 0.6) is 0 Å². The van der Waals surface area contributed by atoms with Gasteiger partial charge in [-0.2, -0.15) is 0 Å². The van der Waals surface area contributed by atoms with Crippen molar-refractivity contribution >= 4 is 11.6 Å². The molecule has 0 fully saturated rings. The number of aliphatic hydroxyl groups is 3. The highest BCUT2D eigenvalue weighted by molar-refractivity contribution is 5.96. The predicted molar refractivity (Wildman–Crippen MR) is 178 cm³/mol. The van der Waals surface area contributed by atoms with Gasteiger partial charge >= 0.3 is 0 Å². The lowest BCUT2D eigenvalue weighted by atomic mass is 9.85. The Labute approximate surface area is 259 Å². The molecule has 42 heavy (non-hydrogen) atoms. The summed E-state index contributed by atoms with van der Waals surface area (Å²) < 4.78 is 0.